The van der Waals surface area contributed by atoms with Gasteiger partial charge in [0.1, 0.15) is 0 Å². The van der Waals surface area contributed by atoms with Gasteiger partial charge < -0.3 is 4.90 Å². The molecule has 1 unspecified atom stereocenters. The van der Waals surface area contributed by atoms with Gasteiger partial charge in [-0.1, -0.05) is 11.1 Å². The van der Waals surface area contributed by atoms with Crippen molar-refractivity contribution >= 4 is 0 Å². The molecule has 1 aliphatic carbocycles. The number of hydrogen-bond donors (Lipinski definition) is 0. The third-order valence-corrected chi connectivity index (χ3v) is 4.80. The number of allylic oxidation sites excluding steroid dienone is 2. The number of piperidine rings is 1. The molecule has 1 saturated heterocycles. The van der Waals surface area contributed by atoms with E-state index < -0.39 is 12.3 Å². The third kappa shape index (κ3) is 1.79. The van der Waals surface area contributed by atoms with Crippen LogP contribution in [0.5, 0.6) is 0 Å². The molecule has 0 aromatic carbocycles. The molecule has 1 heterocycles. The number of halogens is 2. The predicted octanol–water partition coefficient (Wildman–Crippen LogP) is 3.32. The van der Waals surface area contributed by atoms with Crippen LogP contribution in [-0.2, 0) is 0 Å². The summed E-state index contributed by atoms with van der Waals surface area (Å²) in [5.41, 5.74) is 2.31. The largest absolute Gasteiger partial charge is 0.306 e. The maximum absolute atomic E-state index is 12.9. The molecule has 3 heteroatoms. The van der Waals surface area contributed by atoms with Gasteiger partial charge in [0.05, 0.1) is 0 Å². The van der Waals surface area contributed by atoms with Crippen LogP contribution in [0.2, 0.25) is 0 Å². The van der Waals surface area contributed by atoms with Gasteiger partial charge in [0.25, 0.3) is 0 Å². The van der Waals surface area contributed by atoms with Gasteiger partial charge in [-0.25, -0.2) is 8.78 Å². The van der Waals surface area contributed by atoms with Crippen molar-refractivity contribution in [2.45, 2.75) is 39.5 Å². The quantitative estimate of drug-likeness (QED) is 0.623. The van der Waals surface area contributed by atoms with Gasteiger partial charge in [-0.2, -0.15) is 0 Å². The van der Waals surface area contributed by atoms with Crippen molar-refractivity contribution in [3.8, 4) is 0 Å². The molecule has 16 heavy (non-hydrogen) atoms. The highest BCUT2D eigenvalue weighted by molar-refractivity contribution is 5.29. The van der Waals surface area contributed by atoms with E-state index in [0.29, 0.717) is 6.42 Å². The van der Waals surface area contributed by atoms with Gasteiger partial charge >= 0.3 is 0 Å². The van der Waals surface area contributed by atoms with E-state index in [4.69, 9.17) is 0 Å². The van der Waals surface area contributed by atoms with Crippen molar-refractivity contribution in [2.75, 3.05) is 20.1 Å². The molecule has 0 aromatic rings. The Kier molecular flexibility index (Phi) is 3.08. The van der Waals surface area contributed by atoms with Crippen LogP contribution in [0.15, 0.2) is 11.1 Å². The van der Waals surface area contributed by atoms with E-state index >= 15 is 0 Å². The molecular formula is C13H21F2N. The normalized spacial score (nSPS) is 30.8. The van der Waals surface area contributed by atoms with Gasteiger partial charge in [0.15, 0.2) is 0 Å². The zero-order valence-electron chi connectivity index (χ0n) is 10.4. The minimum atomic E-state index is -2.19. The average Bonchev–Trinajstić information content (AvgIpc) is 2.49. The highest BCUT2D eigenvalue weighted by atomic mass is 19.3. The molecule has 2 aliphatic rings. The van der Waals surface area contributed by atoms with Crippen LogP contribution in [0.3, 0.4) is 0 Å². The van der Waals surface area contributed by atoms with Crippen LogP contribution < -0.4 is 0 Å². The van der Waals surface area contributed by atoms with Crippen molar-refractivity contribution in [2.24, 2.45) is 11.3 Å². The second-order valence-electron chi connectivity index (χ2n) is 5.54. The Morgan fingerprint density at radius 3 is 2.25 bits per heavy atom. The Morgan fingerprint density at radius 1 is 1.25 bits per heavy atom. The first-order chi connectivity index (χ1) is 7.46. The van der Waals surface area contributed by atoms with Crippen molar-refractivity contribution in [3.05, 3.63) is 11.1 Å². The molecule has 0 radical (unpaired) electrons. The standard InChI is InChI=1S/C13H21F2N/c1-9-10(2)13(8-11(9)12(14)15)4-6-16(3)7-5-13/h11-12H,4-8H2,1-3H3. The summed E-state index contributed by atoms with van der Waals surface area (Å²) < 4.78 is 25.9. The monoisotopic (exact) mass is 229 g/mol. The van der Waals surface area contributed by atoms with Gasteiger partial charge in [-0.15, -0.1) is 0 Å². The second kappa shape index (κ2) is 4.10. The lowest BCUT2D eigenvalue weighted by atomic mass is 9.73. The summed E-state index contributed by atoms with van der Waals surface area (Å²) in [5.74, 6) is -0.483. The molecule has 1 aliphatic heterocycles. The van der Waals surface area contributed by atoms with Crippen LogP contribution in [0.4, 0.5) is 8.78 Å². The molecule has 0 saturated carbocycles. The highest BCUT2D eigenvalue weighted by Gasteiger charge is 2.46. The molecule has 1 fully saturated rings. The minimum absolute atomic E-state index is 0.0949. The van der Waals surface area contributed by atoms with E-state index in [1.807, 2.05) is 6.92 Å². The van der Waals surface area contributed by atoms with E-state index in [1.54, 1.807) is 0 Å². The molecule has 92 valence electrons. The number of hydrogen-bond acceptors (Lipinski definition) is 1. The predicted molar refractivity (Wildman–Crippen MR) is 61.6 cm³/mol. The molecule has 1 atom stereocenters. The summed E-state index contributed by atoms with van der Waals surface area (Å²) in [6.45, 7) is 6.06. The Bertz CT molecular complexity index is 301. The molecule has 2 rings (SSSR count). The highest BCUT2D eigenvalue weighted by Crippen LogP contribution is 2.53. The fourth-order valence-electron chi connectivity index (χ4n) is 3.33. The fraction of sp³-hybridized carbons (Fsp3) is 0.846. The Balaban J connectivity index is 2.20. The summed E-state index contributed by atoms with van der Waals surface area (Å²) in [6.07, 6.45) is 0.594. The van der Waals surface area contributed by atoms with Crippen LogP contribution in [0.1, 0.15) is 33.1 Å². The number of rotatable bonds is 1. The van der Waals surface area contributed by atoms with Crippen molar-refractivity contribution in [1.29, 1.82) is 0 Å². The van der Waals surface area contributed by atoms with E-state index in [0.717, 1.165) is 31.5 Å². The zero-order valence-corrected chi connectivity index (χ0v) is 10.4. The summed E-state index contributed by atoms with van der Waals surface area (Å²) in [5, 5.41) is 0. The summed E-state index contributed by atoms with van der Waals surface area (Å²) >= 11 is 0. The molecule has 0 N–H and O–H groups in total. The lowest BCUT2D eigenvalue weighted by molar-refractivity contribution is 0.0660. The Morgan fingerprint density at radius 2 is 1.81 bits per heavy atom. The Hall–Kier alpha value is -0.440. The van der Waals surface area contributed by atoms with Gasteiger partial charge in [-0.05, 0) is 58.7 Å². The first-order valence-corrected chi connectivity index (χ1v) is 6.11. The summed E-state index contributed by atoms with van der Waals surface area (Å²) in [7, 11) is 2.11. The molecule has 0 amide bonds. The van der Waals surface area contributed by atoms with Crippen molar-refractivity contribution in [3.63, 3.8) is 0 Å². The van der Waals surface area contributed by atoms with E-state index in [2.05, 4.69) is 18.9 Å². The molecular weight excluding hydrogens is 208 g/mol. The first kappa shape index (κ1) is 12.0. The number of likely N-dealkylation sites (tertiary alicyclic amines) is 1. The summed E-state index contributed by atoms with van der Waals surface area (Å²) in [6, 6.07) is 0. The zero-order chi connectivity index (χ0) is 11.9. The van der Waals surface area contributed by atoms with E-state index in [9.17, 15) is 8.78 Å². The molecule has 1 nitrogen and oxygen atoms in total. The van der Waals surface area contributed by atoms with Crippen molar-refractivity contribution < 1.29 is 8.78 Å². The molecule has 0 bridgehead atoms. The molecule has 0 aromatic heterocycles. The van der Waals surface area contributed by atoms with Gasteiger partial charge in [0, 0.05) is 5.92 Å². The van der Waals surface area contributed by atoms with Gasteiger partial charge in [0.2, 0.25) is 6.43 Å². The van der Waals surface area contributed by atoms with Gasteiger partial charge in [-0.3, -0.25) is 0 Å². The maximum Gasteiger partial charge on any atom is 0.245 e. The number of alkyl halides is 2. The van der Waals surface area contributed by atoms with E-state index in [-0.39, 0.29) is 5.41 Å². The van der Waals surface area contributed by atoms with Crippen LogP contribution >= 0.6 is 0 Å². The maximum atomic E-state index is 12.9. The number of nitrogens with zero attached hydrogens (tertiary/aromatic N) is 1. The van der Waals surface area contributed by atoms with Crippen LogP contribution in [0.25, 0.3) is 0 Å². The average molecular weight is 229 g/mol. The molecule has 1 spiro atoms. The van der Waals surface area contributed by atoms with E-state index in [1.165, 1.54) is 5.57 Å². The third-order valence-electron chi connectivity index (χ3n) is 4.80. The Labute approximate surface area is 96.5 Å². The smallest absolute Gasteiger partial charge is 0.245 e. The van der Waals surface area contributed by atoms with Crippen LogP contribution in [-0.4, -0.2) is 31.5 Å². The topological polar surface area (TPSA) is 3.24 Å². The van der Waals surface area contributed by atoms with Crippen molar-refractivity contribution in [1.82, 2.24) is 4.90 Å². The lowest BCUT2D eigenvalue weighted by Gasteiger charge is -2.39. The lowest BCUT2D eigenvalue weighted by Crippen LogP contribution is -2.38. The minimum Gasteiger partial charge on any atom is -0.306 e. The SMILES string of the molecule is CC1=C(C)C2(CCN(C)CC2)CC1C(F)F. The fourth-order valence-corrected chi connectivity index (χ4v) is 3.33. The second-order valence-corrected chi connectivity index (χ2v) is 5.54. The summed E-state index contributed by atoms with van der Waals surface area (Å²) in [4.78, 5) is 2.30. The first-order valence-electron chi connectivity index (χ1n) is 6.11. The van der Waals surface area contributed by atoms with Crippen LogP contribution in [0, 0.1) is 11.3 Å².